The Balaban J connectivity index is 1.69. The zero-order chi connectivity index (χ0) is 24.4. The van der Waals surface area contributed by atoms with Gasteiger partial charge in [0.15, 0.2) is 0 Å². The van der Waals surface area contributed by atoms with E-state index in [9.17, 15) is 10.2 Å². The average molecular weight is 454 g/mol. The van der Waals surface area contributed by atoms with Gasteiger partial charge in [0.2, 0.25) is 0 Å². The van der Waals surface area contributed by atoms with Crippen molar-refractivity contribution >= 4 is 0 Å². The molecule has 0 aromatic carbocycles. The number of hydrogen-bond acceptors (Lipinski definition) is 3. The van der Waals surface area contributed by atoms with Gasteiger partial charge >= 0.3 is 0 Å². The molecule has 0 saturated heterocycles. The van der Waals surface area contributed by atoms with Gasteiger partial charge in [-0.25, -0.2) is 0 Å². The van der Waals surface area contributed by atoms with Crippen LogP contribution in [0.4, 0.5) is 0 Å². The van der Waals surface area contributed by atoms with E-state index in [1.54, 1.807) is 5.57 Å². The minimum Gasteiger partial charge on any atom is -0.392 e. The maximum Gasteiger partial charge on any atom is 0.0625 e. The van der Waals surface area contributed by atoms with Gasteiger partial charge in [-0.3, -0.25) is 0 Å². The third-order valence-electron chi connectivity index (χ3n) is 9.77. The summed E-state index contributed by atoms with van der Waals surface area (Å²) in [5.41, 5.74) is 3.63. The second-order valence-electron chi connectivity index (χ2n) is 12.3. The van der Waals surface area contributed by atoms with Crippen LogP contribution in [0, 0.1) is 46.3 Å². The van der Waals surface area contributed by atoms with Crippen molar-refractivity contribution in [3.63, 3.8) is 0 Å². The van der Waals surface area contributed by atoms with Crippen LogP contribution in [0.25, 0.3) is 0 Å². The van der Waals surface area contributed by atoms with Crippen molar-refractivity contribution in [3.05, 3.63) is 35.5 Å². The van der Waals surface area contributed by atoms with E-state index < -0.39 is 11.7 Å². The molecule has 0 aliphatic heterocycles. The molecule has 0 aromatic heterocycles. The predicted octanol–water partition coefficient (Wildman–Crippen LogP) is 7.12. The van der Waals surface area contributed by atoms with E-state index in [1.165, 1.54) is 44.1 Å². The monoisotopic (exact) mass is 453 g/mol. The minimum atomic E-state index is -0.596. The molecule has 0 spiro atoms. The third kappa shape index (κ3) is 5.83. The Hall–Kier alpha value is -1.37. The molecule has 3 nitrogen and oxygen atoms in total. The minimum absolute atomic E-state index is 0.0291. The molecule has 3 rings (SSSR count). The van der Waals surface area contributed by atoms with Crippen molar-refractivity contribution in [2.75, 3.05) is 0 Å². The summed E-state index contributed by atoms with van der Waals surface area (Å²) in [5, 5.41) is 29.8. The number of aliphatic hydroxyl groups excluding tert-OH is 1. The van der Waals surface area contributed by atoms with Crippen molar-refractivity contribution < 1.29 is 10.2 Å². The first-order chi connectivity index (χ1) is 15.5. The fourth-order valence-corrected chi connectivity index (χ4v) is 7.12. The fourth-order valence-electron chi connectivity index (χ4n) is 7.12. The highest BCUT2D eigenvalue weighted by Crippen LogP contribution is 2.60. The summed E-state index contributed by atoms with van der Waals surface area (Å²) in [7, 11) is 0. The van der Waals surface area contributed by atoms with Crippen LogP contribution in [-0.4, -0.2) is 21.9 Å². The van der Waals surface area contributed by atoms with E-state index in [0.29, 0.717) is 36.0 Å². The van der Waals surface area contributed by atoms with Crippen LogP contribution in [0.2, 0.25) is 0 Å². The van der Waals surface area contributed by atoms with Crippen LogP contribution in [0.1, 0.15) is 98.8 Å². The van der Waals surface area contributed by atoms with Gasteiger partial charge in [0, 0.05) is 12.3 Å². The van der Waals surface area contributed by atoms with Gasteiger partial charge in [-0.05, 0) is 99.9 Å². The molecular weight excluding hydrogens is 406 g/mol. The number of nitrogens with zero attached hydrogens (tertiary/aromatic N) is 1. The lowest BCUT2D eigenvalue weighted by Gasteiger charge is -2.44. The Labute approximate surface area is 202 Å². The maximum atomic E-state index is 10.5. The predicted molar refractivity (Wildman–Crippen MR) is 136 cm³/mol. The Morgan fingerprint density at radius 3 is 2.61 bits per heavy atom. The van der Waals surface area contributed by atoms with Crippen molar-refractivity contribution in [1.29, 1.82) is 5.26 Å². The SMILES string of the molecule is C=C1C[C@@H](CC#N)[C@H](O)C/C1=C/C=C1/CCC[C@]2(C)[C@@H]([C@H](C)CC[C@H](C)C(C)(C)O)CC[C@@H]12. The second kappa shape index (κ2) is 10.5. The molecule has 184 valence electrons. The van der Waals surface area contributed by atoms with E-state index in [4.69, 9.17) is 5.26 Å². The highest BCUT2D eigenvalue weighted by atomic mass is 16.3. The summed E-state index contributed by atoms with van der Waals surface area (Å²) >= 11 is 0. The molecule has 33 heavy (non-hydrogen) atoms. The van der Waals surface area contributed by atoms with E-state index in [2.05, 4.69) is 45.6 Å². The van der Waals surface area contributed by atoms with Crippen molar-refractivity contribution in [3.8, 4) is 6.07 Å². The Morgan fingerprint density at radius 2 is 1.94 bits per heavy atom. The largest absolute Gasteiger partial charge is 0.392 e. The summed E-state index contributed by atoms with van der Waals surface area (Å²) < 4.78 is 0. The highest BCUT2D eigenvalue weighted by Gasteiger charge is 2.50. The van der Waals surface area contributed by atoms with Crippen molar-refractivity contribution in [1.82, 2.24) is 0 Å². The quantitative estimate of drug-likeness (QED) is 0.431. The first-order valence-electron chi connectivity index (χ1n) is 13.3. The lowest BCUT2D eigenvalue weighted by molar-refractivity contribution is 0.0150. The van der Waals surface area contributed by atoms with Gasteiger partial charge in [0.1, 0.15) is 0 Å². The lowest BCUT2D eigenvalue weighted by Crippen LogP contribution is -2.36. The summed E-state index contributed by atoms with van der Waals surface area (Å²) in [4.78, 5) is 0. The van der Waals surface area contributed by atoms with Crippen LogP contribution in [0.3, 0.4) is 0 Å². The zero-order valence-corrected chi connectivity index (χ0v) is 21.7. The van der Waals surface area contributed by atoms with E-state index in [0.717, 1.165) is 24.3 Å². The molecule has 3 saturated carbocycles. The van der Waals surface area contributed by atoms with Gasteiger partial charge in [0.25, 0.3) is 0 Å². The second-order valence-corrected chi connectivity index (χ2v) is 12.3. The third-order valence-corrected chi connectivity index (χ3v) is 9.77. The standard InChI is InChI=1S/C30H47NO2/c1-20(9-10-22(3)29(4,5)33)26-13-14-27-23(8-7-16-30(26,27)6)11-12-24-19-28(32)25(15-17-31)18-21(24)2/h11-12,20,22,25-28,32-33H,2,7-10,13-16,18-19H2,1,3-6H3/b23-11-,24-12-/t20-,22+,25-,26-,27+,28-,30-/m1/s1. The van der Waals surface area contributed by atoms with E-state index in [1.807, 2.05) is 13.8 Å². The highest BCUT2D eigenvalue weighted by molar-refractivity contribution is 5.37. The molecule has 0 heterocycles. The summed E-state index contributed by atoms with van der Waals surface area (Å²) in [6, 6.07) is 2.21. The van der Waals surface area contributed by atoms with Gasteiger partial charge in [0.05, 0.1) is 17.8 Å². The summed E-state index contributed by atoms with van der Waals surface area (Å²) in [5.74, 6) is 2.46. The molecule has 3 aliphatic carbocycles. The number of hydrogen-bond donors (Lipinski definition) is 2. The number of fused-ring (bicyclic) bond motifs is 1. The van der Waals surface area contributed by atoms with Crippen LogP contribution in [0.15, 0.2) is 35.5 Å². The van der Waals surface area contributed by atoms with Crippen LogP contribution in [-0.2, 0) is 0 Å². The Morgan fingerprint density at radius 1 is 1.21 bits per heavy atom. The molecule has 3 aliphatic rings. The van der Waals surface area contributed by atoms with E-state index >= 15 is 0 Å². The molecule has 2 N–H and O–H groups in total. The van der Waals surface area contributed by atoms with Crippen LogP contribution in [0.5, 0.6) is 0 Å². The maximum absolute atomic E-state index is 10.5. The van der Waals surface area contributed by atoms with Gasteiger partial charge < -0.3 is 10.2 Å². The molecule has 0 bridgehead atoms. The van der Waals surface area contributed by atoms with Crippen LogP contribution < -0.4 is 0 Å². The smallest absolute Gasteiger partial charge is 0.0625 e. The van der Waals surface area contributed by atoms with Gasteiger partial charge in [-0.2, -0.15) is 5.26 Å². The molecule has 3 heteroatoms. The molecule has 0 amide bonds. The Kier molecular flexibility index (Phi) is 8.34. The zero-order valence-electron chi connectivity index (χ0n) is 21.7. The van der Waals surface area contributed by atoms with Gasteiger partial charge in [-0.15, -0.1) is 0 Å². The number of allylic oxidation sites excluding steroid dienone is 4. The fraction of sp³-hybridized carbons (Fsp3) is 0.767. The average Bonchev–Trinajstić information content (AvgIpc) is 3.10. The summed E-state index contributed by atoms with van der Waals surface area (Å²) in [6.07, 6.45) is 14.6. The number of aliphatic hydroxyl groups is 2. The van der Waals surface area contributed by atoms with E-state index in [-0.39, 0.29) is 5.92 Å². The first kappa shape index (κ1) is 26.2. The molecule has 0 unspecified atom stereocenters. The number of nitriles is 1. The van der Waals surface area contributed by atoms with Crippen molar-refractivity contribution in [2.45, 2.75) is 111 Å². The number of rotatable bonds is 7. The first-order valence-corrected chi connectivity index (χ1v) is 13.3. The summed E-state index contributed by atoms with van der Waals surface area (Å²) in [6.45, 7) is 15.3. The molecule has 0 aromatic rings. The van der Waals surface area contributed by atoms with Gasteiger partial charge in [-0.1, -0.05) is 57.1 Å². The molecule has 7 atom stereocenters. The molecule has 3 fully saturated rings. The van der Waals surface area contributed by atoms with Crippen LogP contribution >= 0.6 is 0 Å². The van der Waals surface area contributed by atoms with Crippen molar-refractivity contribution in [2.24, 2.45) is 35.0 Å². The normalized spacial score (nSPS) is 37.1. The Bertz CT molecular complexity index is 810. The topological polar surface area (TPSA) is 64.2 Å². The molecule has 0 radical (unpaired) electrons. The lowest BCUT2D eigenvalue weighted by atomic mass is 9.60. The molecular formula is C30H47NO2.